The first kappa shape index (κ1) is 18.5. The number of halogens is 1. The highest BCUT2D eigenvalue weighted by atomic mass is 32.2. The first-order chi connectivity index (χ1) is 14.6. The largest absolute Gasteiger partial charge is 0.382 e. The summed E-state index contributed by atoms with van der Waals surface area (Å²) >= 11 is 1.24. The van der Waals surface area contributed by atoms with Crippen molar-refractivity contribution >= 4 is 39.5 Å². The Labute approximate surface area is 174 Å². The third kappa shape index (κ3) is 3.14. The van der Waals surface area contributed by atoms with E-state index in [0.29, 0.717) is 40.7 Å². The zero-order chi connectivity index (χ0) is 20.7. The van der Waals surface area contributed by atoms with E-state index in [-0.39, 0.29) is 23.4 Å². The van der Waals surface area contributed by atoms with Crippen LogP contribution in [-0.2, 0) is 6.54 Å². The number of anilines is 2. The molecule has 0 radical (unpaired) electrons. The van der Waals surface area contributed by atoms with E-state index in [1.54, 1.807) is 46.2 Å². The number of rotatable bonds is 4. The summed E-state index contributed by atoms with van der Waals surface area (Å²) in [5.74, 6) is 0.922. The maximum Gasteiger partial charge on any atom is 0.286 e. The van der Waals surface area contributed by atoms with E-state index >= 15 is 0 Å². The minimum atomic E-state index is -0.309. The standard InChI is InChI=1S/C20H16FN7OS/c21-14-6-2-1-4-12(14)11-28-19-13(5-3-7-23-19)16(26-28)18-24-10-15(17(22)25-18)27-8-9-30-20(27)29/h1-7,10H,8-9,11H2,(H2,22,24,25). The molecule has 4 heterocycles. The lowest BCUT2D eigenvalue weighted by molar-refractivity contribution is 0.266. The van der Waals surface area contributed by atoms with Crippen LogP contribution in [-0.4, -0.2) is 42.3 Å². The average Bonchev–Trinajstić information content (AvgIpc) is 3.34. The summed E-state index contributed by atoms with van der Waals surface area (Å²) in [5, 5.41) is 5.26. The van der Waals surface area contributed by atoms with Crippen LogP contribution in [0.5, 0.6) is 0 Å². The lowest BCUT2D eigenvalue weighted by Crippen LogP contribution is -2.24. The van der Waals surface area contributed by atoms with Crippen molar-refractivity contribution in [3.63, 3.8) is 0 Å². The predicted octanol–water partition coefficient (Wildman–Crippen LogP) is 3.33. The van der Waals surface area contributed by atoms with Crippen LogP contribution < -0.4 is 10.6 Å². The SMILES string of the molecule is Nc1nc(-c2nn(Cc3ccccc3F)c3ncccc23)ncc1N1CCSC1=O. The minimum absolute atomic E-state index is 0.0677. The van der Waals surface area contributed by atoms with Crippen molar-refractivity contribution < 1.29 is 9.18 Å². The summed E-state index contributed by atoms with van der Waals surface area (Å²) in [4.78, 5) is 26.8. The third-order valence-corrected chi connectivity index (χ3v) is 5.70. The van der Waals surface area contributed by atoms with E-state index in [1.807, 2.05) is 6.07 Å². The fourth-order valence-electron chi connectivity index (χ4n) is 3.40. The molecule has 10 heteroatoms. The molecule has 0 spiro atoms. The van der Waals surface area contributed by atoms with Crippen molar-refractivity contribution in [2.24, 2.45) is 0 Å². The van der Waals surface area contributed by atoms with Gasteiger partial charge in [-0.1, -0.05) is 30.0 Å². The number of hydrogen-bond acceptors (Lipinski definition) is 7. The van der Waals surface area contributed by atoms with Crippen LogP contribution in [0.2, 0.25) is 0 Å². The molecule has 1 amide bonds. The Bertz CT molecular complexity index is 1280. The number of carbonyl (C=O) groups excluding carboxylic acids is 1. The average molecular weight is 421 g/mol. The highest BCUT2D eigenvalue weighted by molar-refractivity contribution is 8.14. The number of thioether (sulfide) groups is 1. The van der Waals surface area contributed by atoms with Crippen LogP contribution in [0.3, 0.4) is 0 Å². The molecule has 1 saturated heterocycles. The van der Waals surface area contributed by atoms with Crippen LogP contribution in [0.25, 0.3) is 22.6 Å². The zero-order valence-corrected chi connectivity index (χ0v) is 16.5. The van der Waals surface area contributed by atoms with Crippen LogP contribution in [0, 0.1) is 5.82 Å². The normalized spacial score (nSPS) is 14.0. The summed E-state index contributed by atoms with van der Waals surface area (Å²) in [7, 11) is 0. The molecule has 0 atom stereocenters. The van der Waals surface area contributed by atoms with E-state index < -0.39 is 0 Å². The molecule has 0 unspecified atom stereocenters. The van der Waals surface area contributed by atoms with Gasteiger partial charge in [0.2, 0.25) is 0 Å². The second-order valence-corrected chi connectivity index (χ2v) is 7.75. The molecule has 0 saturated carbocycles. The molecule has 8 nitrogen and oxygen atoms in total. The van der Waals surface area contributed by atoms with Gasteiger partial charge in [-0.2, -0.15) is 5.10 Å². The van der Waals surface area contributed by atoms with E-state index in [9.17, 15) is 9.18 Å². The van der Waals surface area contributed by atoms with Gasteiger partial charge in [0, 0.05) is 24.1 Å². The number of aromatic nitrogens is 5. The molecule has 1 aromatic carbocycles. The van der Waals surface area contributed by atoms with Gasteiger partial charge in [-0.3, -0.25) is 9.69 Å². The van der Waals surface area contributed by atoms with Gasteiger partial charge >= 0.3 is 0 Å². The summed E-state index contributed by atoms with van der Waals surface area (Å²) in [6.07, 6.45) is 3.19. The number of amides is 1. The van der Waals surface area contributed by atoms with E-state index in [2.05, 4.69) is 20.1 Å². The highest BCUT2D eigenvalue weighted by Gasteiger charge is 2.26. The second-order valence-electron chi connectivity index (χ2n) is 6.70. The van der Waals surface area contributed by atoms with Gasteiger partial charge < -0.3 is 5.73 Å². The number of fused-ring (bicyclic) bond motifs is 1. The van der Waals surface area contributed by atoms with Gasteiger partial charge in [0.05, 0.1) is 18.1 Å². The number of nitrogens with two attached hydrogens (primary N) is 1. The Balaban J connectivity index is 1.57. The van der Waals surface area contributed by atoms with E-state index in [0.717, 1.165) is 5.39 Å². The maximum absolute atomic E-state index is 14.1. The number of hydrogen-bond donors (Lipinski definition) is 1. The van der Waals surface area contributed by atoms with Gasteiger partial charge in [0.1, 0.15) is 17.2 Å². The van der Waals surface area contributed by atoms with Gasteiger partial charge in [-0.15, -0.1) is 0 Å². The number of nitrogen functional groups attached to an aromatic ring is 1. The number of benzene rings is 1. The highest BCUT2D eigenvalue weighted by Crippen LogP contribution is 2.31. The Kier molecular flexibility index (Phi) is 4.55. The lowest BCUT2D eigenvalue weighted by atomic mass is 10.2. The number of carbonyl (C=O) groups is 1. The zero-order valence-electron chi connectivity index (χ0n) is 15.7. The minimum Gasteiger partial charge on any atom is -0.382 e. The predicted molar refractivity (Wildman–Crippen MR) is 114 cm³/mol. The van der Waals surface area contributed by atoms with E-state index in [1.165, 1.54) is 17.8 Å². The number of pyridine rings is 1. The van der Waals surface area contributed by atoms with Crippen molar-refractivity contribution in [1.82, 2.24) is 24.7 Å². The van der Waals surface area contributed by atoms with Gasteiger partial charge in [0.15, 0.2) is 17.3 Å². The quantitative estimate of drug-likeness (QED) is 0.539. The topological polar surface area (TPSA) is 103 Å². The molecule has 2 N–H and O–H groups in total. The monoisotopic (exact) mass is 421 g/mol. The molecule has 30 heavy (non-hydrogen) atoms. The Morgan fingerprint density at radius 1 is 1.17 bits per heavy atom. The molecule has 0 bridgehead atoms. The maximum atomic E-state index is 14.1. The molecule has 5 rings (SSSR count). The summed E-state index contributed by atoms with van der Waals surface area (Å²) in [6.45, 7) is 0.785. The Morgan fingerprint density at radius 2 is 2.03 bits per heavy atom. The second kappa shape index (κ2) is 7.38. The molecule has 0 aliphatic carbocycles. The first-order valence-corrected chi connectivity index (χ1v) is 10.2. The smallest absolute Gasteiger partial charge is 0.286 e. The van der Waals surface area contributed by atoms with Crippen molar-refractivity contribution in [2.75, 3.05) is 22.9 Å². The fraction of sp³-hybridized carbons (Fsp3) is 0.150. The lowest BCUT2D eigenvalue weighted by Gasteiger charge is -2.15. The molecule has 150 valence electrons. The Hall–Kier alpha value is -3.53. The van der Waals surface area contributed by atoms with Crippen LogP contribution in [0.1, 0.15) is 5.56 Å². The first-order valence-electron chi connectivity index (χ1n) is 9.24. The van der Waals surface area contributed by atoms with Crippen LogP contribution in [0.4, 0.5) is 20.7 Å². The van der Waals surface area contributed by atoms with Gasteiger partial charge in [-0.05, 0) is 18.2 Å². The van der Waals surface area contributed by atoms with Gasteiger partial charge in [0.25, 0.3) is 5.24 Å². The van der Waals surface area contributed by atoms with Crippen molar-refractivity contribution in [1.29, 1.82) is 0 Å². The molecule has 3 aromatic heterocycles. The number of nitrogens with zero attached hydrogens (tertiary/aromatic N) is 6. The molecule has 1 aliphatic rings. The van der Waals surface area contributed by atoms with Crippen molar-refractivity contribution in [3.8, 4) is 11.5 Å². The molecule has 4 aromatic rings. The third-order valence-electron chi connectivity index (χ3n) is 4.85. The fourth-order valence-corrected chi connectivity index (χ4v) is 4.19. The molecular weight excluding hydrogens is 405 g/mol. The molecular formula is C20H16FN7OS. The molecule has 1 fully saturated rings. The van der Waals surface area contributed by atoms with Crippen LogP contribution >= 0.6 is 11.8 Å². The van der Waals surface area contributed by atoms with Crippen molar-refractivity contribution in [2.45, 2.75) is 6.54 Å². The molecule has 1 aliphatic heterocycles. The van der Waals surface area contributed by atoms with E-state index in [4.69, 9.17) is 5.73 Å². The van der Waals surface area contributed by atoms with Gasteiger partial charge in [-0.25, -0.2) is 24.0 Å². The van der Waals surface area contributed by atoms with Crippen LogP contribution in [0.15, 0.2) is 48.8 Å². The Morgan fingerprint density at radius 3 is 2.80 bits per heavy atom. The summed E-state index contributed by atoms with van der Waals surface area (Å²) in [5.41, 5.74) is 8.21. The van der Waals surface area contributed by atoms with Crippen molar-refractivity contribution in [3.05, 3.63) is 60.2 Å². The summed E-state index contributed by atoms with van der Waals surface area (Å²) in [6, 6.07) is 10.2. The summed E-state index contributed by atoms with van der Waals surface area (Å²) < 4.78 is 15.8.